The maximum Gasteiger partial charge on any atom is 0.0443 e. The summed E-state index contributed by atoms with van der Waals surface area (Å²) in [5.74, 6) is 0. The highest BCUT2D eigenvalue weighted by Crippen LogP contribution is 2.21. The zero-order valence-electron chi connectivity index (χ0n) is 13.4. The van der Waals surface area contributed by atoms with Crippen LogP contribution in [0.3, 0.4) is 0 Å². The van der Waals surface area contributed by atoms with Crippen molar-refractivity contribution in [3.8, 4) is 0 Å². The van der Waals surface area contributed by atoms with Gasteiger partial charge in [0.15, 0.2) is 0 Å². The summed E-state index contributed by atoms with van der Waals surface area (Å²) in [5, 5.41) is 12.4. The Morgan fingerprint density at radius 3 is 2.45 bits per heavy atom. The molecule has 0 aliphatic carbocycles. The van der Waals surface area contributed by atoms with E-state index in [1.54, 1.807) is 0 Å². The normalized spacial score (nSPS) is 13.2. The Bertz CT molecular complexity index is 379. The Kier molecular flexibility index (Phi) is 7.82. The van der Waals surface area contributed by atoms with Gasteiger partial charge in [-0.3, -0.25) is 0 Å². The molecule has 0 spiro atoms. The van der Waals surface area contributed by atoms with Gasteiger partial charge in [0.2, 0.25) is 0 Å². The van der Waals surface area contributed by atoms with E-state index >= 15 is 0 Å². The van der Waals surface area contributed by atoms with Crippen LogP contribution in [0.1, 0.15) is 43.9 Å². The number of aliphatic hydroxyl groups is 1. The van der Waals surface area contributed by atoms with Gasteiger partial charge in [0.1, 0.15) is 0 Å². The predicted molar refractivity (Wildman–Crippen MR) is 86.0 cm³/mol. The van der Waals surface area contributed by atoms with Gasteiger partial charge in [0.25, 0.3) is 0 Å². The molecule has 0 bridgehead atoms. The molecule has 0 amide bonds. The van der Waals surface area contributed by atoms with Gasteiger partial charge >= 0.3 is 0 Å². The molecule has 1 unspecified atom stereocenters. The lowest BCUT2D eigenvalue weighted by molar-refractivity contribution is 0.184. The standard InChI is InChI=1S/C17H30N2O/c1-14(2)19(11-7-13-20)12-10-17(18-4)16-9-6-5-8-15(16)3/h5-6,8-9,14,17-18,20H,7,10-13H2,1-4H3. The third-order valence-electron chi connectivity index (χ3n) is 3.95. The molecule has 0 aromatic heterocycles. The summed E-state index contributed by atoms with van der Waals surface area (Å²) in [6.45, 7) is 8.91. The van der Waals surface area contributed by atoms with E-state index in [1.807, 2.05) is 7.05 Å². The van der Waals surface area contributed by atoms with E-state index in [4.69, 9.17) is 5.11 Å². The monoisotopic (exact) mass is 278 g/mol. The Labute approximate surface area is 124 Å². The predicted octanol–water partition coefficient (Wildman–Crippen LogP) is 2.74. The van der Waals surface area contributed by atoms with Crippen LogP contribution in [0.5, 0.6) is 0 Å². The third-order valence-corrected chi connectivity index (χ3v) is 3.95. The number of hydrogen-bond acceptors (Lipinski definition) is 3. The molecule has 114 valence electrons. The summed E-state index contributed by atoms with van der Waals surface area (Å²) in [7, 11) is 2.03. The maximum absolute atomic E-state index is 9.00. The molecule has 3 nitrogen and oxygen atoms in total. The first-order chi connectivity index (χ1) is 9.60. The van der Waals surface area contributed by atoms with E-state index in [9.17, 15) is 0 Å². The largest absolute Gasteiger partial charge is 0.396 e. The SMILES string of the molecule is CNC(CCN(CCCO)C(C)C)c1ccccc1C. The maximum atomic E-state index is 9.00. The van der Waals surface area contributed by atoms with Crippen molar-refractivity contribution >= 4 is 0 Å². The molecule has 3 heteroatoms. The first kappa shape index (κ1) is 17.2. The molecule has 0 heterocycles. The molecule has 0 radical (unpaired) electrons. The minimum Gasteiger partial charge on any atom is -0.396 e. The van der Waals surface area contributed by atoms with E-state index in [2.05, 4.69) is 55.3 Å². The number of aliphatic hydroxyl groups excluding tert-OH is 1. The Hall–Kier alpha value is -0.900. The number of nitrogens with zero attached hydrogens (tertiary/aromatic N) is 1. The highest BCUT2D eigenvalue weighted by atomic mass is 16.3. The second-order valence-electron chi connectivity index (χ2n) is 5.69. The second-order valence-corrected chi connectivity index (χ2v) is 5.69. The Balaban J connectivity index is 2.62. The van der Waals surface area contributed by atoms with Crippen molar-refractivity contribution in [2.45, 2.75) is 45.7 Å². The summed E-state index contributed by atoms with van der Waals surface area (Å²) in [5.41, 5.74) is 2.74. The van der Waals surface area contributed by atoms with E-state index in [0.717, 1.165) is 25.9 Å². The third kappa shape index (κ3) is 5.23. The van der Waals surface area contributed by atoms with Gasteiger partial charge < -0.3 is 15.3 Å². The summed E-state index contributed by atoms with van der Waals surface area (Å²) in [6.07, 6.45) is 1.94. The van der Waals surface area contributed by atoms with E-state index in [0.29, 0.717) is 12.1 Å². The summed E-state index contributed by atoms with van der Waals surface area (Å²) in [6, 6.07) is 9.50. The fraction of sp³-hybridized carbons (Fsp3) is 0.647. The molecule has 2 N–H and O–H groups in total. The molecule has 0 aliphatic heterocycles. The molecule has 1 aromatic carbocycles. The molecule has 0 saturated carbocycles. The quantitative estimate of drug-likeness (QED) is 0.729. The zero-order valence-corrected chi connectivity index (χ0v) is 13.4. The molecule has 20 heavy (non-hydrogen) atoms. The molecular weight excluding hydrogens is 248 g/mol. The molecule has 1 rings (SSSR count). The zero-order chi connectivity index (χ0) is 15.0. The van der Waals surface area contributed by atoms with Crippen LogP contribution < -0.4 is 5.32 Å². The average molecular weight is 278 g/mol. The van der Waals surface area contributed by atoms with Crippen molar-refractivity contribution in [2.75, 3.05) is 26.7 Å². The summed E-state index contributed by atoms with van der Waals surface area (Å²) >= 11 is 0. The van der Waals surface area contributed by atoms with E-state index in [1.165, 1.54) is 11.1 Å². The topological polar surface area (TPSA) is 35.5 Å². The van der Waals surface area contributed by atoms with Gasteiger partial charge in [-0.25, -0.2) is 0 Å². The molecule has 0 aliphatic rings. The van der Waals surface area contributed by atoms with Gasteiger partial charge in [-0.1, -0.05) is 24.3 Å². The lowest BCUT2D eigenvalue weighted by atomic mass is 9.98. The van der Waals surface area contributed by atoms with E-state index < -0.39 is 0 Å². The first-order valence-electron chi connectivity index (χ1n) is 7.67. The number of aryl methyl sites for hydroxylation is 1. The van der Waals surface area contributed by atoms with Crippen LogP contribution in [-0.4, -0.2) is 42.8 Å². The van der Waals surface area contributed by atoms with Gasteiger partial charge in [-0.05, 0) is 51.8 Å². The van der Waals surface area contributed by atoms with Crippen LogP contribution in [0, 0.1) is 6.92 Å². The van der Waals surface area contributed by atoms with Gasteiger partial charge in [0.05, 0.1) is 0 Å². The molecule has 1 atom stereocenters. The number of hydrogen-bond donors (Lipinski definition) is 2. The fourth-order valence-electron chi connectivity index (χ4n) is 2.63. The smallest absolute Gasteiger partial charge is 0.0443 e. The molecule has 0 fully saturated rings. The van der Waals surface area contributed by atoms with Crippen LogP contribution in [-0.2, 0) is 0 Å². The lowest BCUT2D eigenvalue weighted by Crippen LogP contribution is -2.35. The Morgan fingerprint density at radius 1 is 1.20 bits per heavy atom. The highest BCUT2D eigenvalue weighted by molar-refractivity contribution is 5.28. The van der Waals surface area contributed by atoms with Crippen molar-refractivity contribution < 1.29 is 5.11 Å². The summed E-state index contributed by atoms with van der Waals surface area (Å²) < 4.78 is 0. The number of benzene rings is 1. The average Bonchev–Trinajstić information content (AvgIpc) is 2.43. The van der Waals surface area contributed by atoms with Crippen LogP contribution in [0.4, 0.5) is 0 Å². The number of rotatable bonds is 9. The van der Waals surface area contributed by atoms with Gasteiger partial charge in [-0.15, -0.1) is 0 Å². The minimum atomic E-state index is 0.274. The molecule has 1 aromatic rings. The van der Waals surface area contributed by atoms with Crippen molar-refractivity contribution in [2.24, 2.45) is 0 Å². The van der Waals surface area contributed by atoms with Gasteiger partial charge in [0, 0.05) is 31.8 Å². The van der Waals surface area contributed by atoms with Crippen molar-refractivity contribution in [1.29, 1.82) is 0 Å². The van der Waals surface area contributed by atoms with Crippen LogP contribution in [0.15, 0.2) is 24.3 Å². The van der Waals surface area contributed by atoms with Crippen molar-refractivity contribution in [3.63, 3.8) is 0 Å². The summed E-state index contributed by atoms with van der Waals surface area (Å²) in [4.78, 5) is 2.44. The molecule has 0 saturated heterocycles. The van der Waals surface area contributed by atoms with Gasteiger partial charge in [-0.2, -0.15) is 0 Å². The van der Waals surface area contributed by atoms with Crippen LogP contribution in [0.25, 0.3) is 0 Å². The molecular formula is C17H30N2O. The van der Waals surface area contributed by atoms with Crippen LogP contribution >= 0.6 is 0 Å². The van der Waals surface area contributed by atoms with Crippen molar-refractivity contribution in [3.05, 3.63) is 35.4 Å². The second kappa shape index (κ2) is 9.11. The van der Waals surface area contributed by atoms with Crippen LogP contribution in [0.2, 0.25) is 0 Å². The Morgan fingerprint density at radius 2 is 1.90 bits per heavy atom. The van der Waals surface area contributed by atoms with Crippen molar-refractivity contribution in [1.82, 2.24) is 10.2 Å². The number of nitrogens with one attached hydrogen (secondary N) is 1. The minimum absolute atomic E-state index is 0.274. The lowest BCUT2D eigenvalue weighted by Gasteiger charge is -2.28. The first-order valence-corrected chi connectivity index (χ1v) is 7.67. The fourth-order valence-corrected chi connectivity index (χ4v) is 2.63. The highest BCUT2D eigenvalue weighted by Gasteiger charge is 2.15. The van der Waals surface area contributed by atoms with E-state index in [-0.39, 0.29) is 6.61 Å².